The standard InChI is InChI=1S/C31H53N5O3/c1-22(34-39-29(38)36(19-15-32-4)20-17-33-16-18-35(5)6)26-9-10-27-25-8-7-23-21-24(37)11-13-30(23,2)28(25)12-14-31(26,27)3/h21,25-28,32-33H,7-20H2,1-6H3/b34-22+/t25-,26+,27-,28-,30-,31+/m0/s1. The molecule has 0 aromatic heterocycles. The second-order valence-corrected chi connectivity index (χ2v) is 13.4. The first-order valence-corrected chi connectivity index (χ1v) is 15.3. The maximum absolute atomic E-state index is 13.0. The number of hydrogen-bond donors (Lipinski definition) is 2. The van der Waals surface area contributed by atoms with Gasteiger partial charge in [-0.25, -0.2) is 4.79 Å². The summed E-state index contributed by atoms with van der Waals surface area (Å²) in [5.74, 6) is 2.76. The van der Waals surface area contributed by atoms with Crippen molar-refractivity contribution >= 4 is 17.6 Å². The highest BCUT2D eigenvalue weighted by molar-refractivity contribution is 5.91. The van der Waals surface area contributed by atoms with Crippen LogP contribution in [0.3, 0.4) is 0 Å². The van der Waals surface area contributed by atoms with E-state index in [4.69, 9.17) is 4.84 Å². The summed E-state index contributed by atoms with van der Waals surface area (Å²) in [6.07, 6.45) is 10.4. The third-order valence-electron chi connectivity index (χ3n) is 10.9. The van der Waals surface area contributed by atoms with E-state index in [-0.39, 0.29) is 16.9 Å². The van der Waals surface area contributed by atoms with E-state index in [1.807, 2.05) is 13.1 Å². The normalized spacial score (nSPS) is 34.3. The summed E-state index contributed by atoms with van der Waals surface area (Å²) >= 11 is 0. The average molecular weight is 544 g/mol. The summed E-state index contributed by atoms with van der Waals surface area (Å²) in [6.45, 7) is 11.5. The smallest absolute Gasteiger partial charge is 0.318 e. The van der Waals surface area contributed by atoms with Gasteiger partial charge in [0.1, 0.15) is 0 Å². The molecule has 0 heterocycles. The number of allylic oxidation sites excluding steroid dienone is 1. The fourth-order valence-corrected chi connectivity index (χ4v) is 8.66. The van der Waals surface area contributed by atoms with Crippen LogP contribution >= 0.6 is 0 Å². The lowest BCUT2D eigenvalue weighted by atomic mass is 9.46. The number of ketones is 1. The van der Waals surface area contributed by atoms with Crippen molar-refractivity contribution in [3.8, 4) is 0 Å². The monoisotopic (exact) mass is 543 g/mol. The first kappa shape index (κ1) is 30.2. The molecule has 3 saturated carbocycles. The van der Waals surface area contributed by atoms with Gasteiger partial charge in [0.15, 0.2) is 5.78 Å². The quantitative estimate of drug-likeness (QED) is 0.175. The topological polar surface area (TPSA) is 86.3 Å². The van der Waals surface area contributed by atoms with Gasteiger partial charge in [0.05, 0.1) is 5.71 Å². The number of likely N-dealkylation sites (N-methyl/N-ethyl adjacent to an activating group) is 2. The summed E-state index contributed by atoms with van der Waals surface area (Å²) < 4.78 is 0. The van der Waals surface area contributed by atoms with Crippen LogP contribution in [0.1, 0.15) is 72.1 Å². The minimum absolute atomic E-state index is 0.200. The van der Waals surface area contributed by atoms with Crippen molar-refractivity contribution < 1.29 is 14.4 Å². The van der Waals surface area contributed by atoms with Gasteiger partial charge < -0.3 is 20.4 Å². The van der Waals surface area contributed by atoms with Crippen molar-refractivity contribution in [3.05, 3.63) is 11.6 Å². The molecular weight excluding hydrogens is 490 g/mol. The molecule has 0 bridgehead atoms. The van der Waals surface area contributed by atoms with Gasteiger partial charge in [-0.2, -0.15) is 0 Å². The number of fused-ring (bicyclic) bond motifs is 5. The second kappa shape index (κ2) is 12.8. The van der Waals surface area contributed by atoms with Crippen LogP contribution in [0.5, 0.6) is 0 Å². The van der Waals surface area contributed by atoms with E-state index in [1.54, 1.807) is 4.90 Å². The second-order valence-electron chi connectivity index (χ2n) is 13.4. The lowest BCUT2D eigenvalue weighted by molar-refractivity contribution is -0.117. The SMILES string of the molecule is CNCCN(CCNCCN(C)C)C(=O)O/N=C(\C)[C@H]1CC[C@H]2[C@@H]3CCC4=CC(=O)CC[C@]4(C)[C@H]3CC[C@]12C. The van der Waals surface area contributed by atoms with Gasteiger partial charge in [0.25, 0.3) is 0 Å². The molecule has 0 aromatic rings. The Balaban J connectivity index is 1.37. The minimum atomic E-state index is -0.367. The highest BCUT2D eigenvalue weighted by Crippen LogP contribution is 2.66. The molecule has 8 heteroatoms. The van der Waals surface area contributed by atoms with Crippen LogP contribution in [-0.2, 0) is 9.63 Å². The number of carbonyl (C=O) groups is 2. The van der Waals surface area contributed by atoms with E-state index in [2.05, 4.69) is 55.6 Å². The third kappa shape index (κ3) is 6.43. The number of oxime groups is 1. The Hall–Kier alpha value is -1.77. The van der Waals surface area contributed by atoms with Gasteiger partial charge >= 0.3 is 6.09 Å². The van der Waals surface area contributed by atoms with Crippen LogP contribution in [0.25, 0.3) is 0 Å². The van der Waals surface area contributed by atoms with Crippen LogP contribution in [0.15, 0.2) is 16.8 Å². The molecule has 8 nitrogen and oxygen atoms in total. The first-order chi connectivity index (χ1) is 18.6. The first-order valence-electron chi connectivity index (χ1n) is 15.3. The molecule has 0 aromatic carbocycles. The van der Waals surface area contributed by atoms with Crippen LogP contribution in [0, 0.1) is 34.5 Å². The molecule has 0 radical (unpaired) electrons. The number of nitrogens with one attached hydrogen (secondary N) is 2. The molecule has 6 atom stereocenters. The summed E-state index contributed by atoms with van der Waals surface area (Å²) in [4.78, 5) is 34.6. The van der Waals surface area contributed by atoms with E-state index < -0.39 is 0 Å². The van der Waals surface area contributed by atoms with Crippen molar-refractivity contribution in [3.63, 3.8) is 0 Å². The van der Waals surface area contributed by atoms with E-state index >= 15 is 0 Å². The lowest BCUT2D eigenvalue weighted by Gasteiger charge is -2.58. The fraction of sp³-hybridized carbons (Fsp3) is 0.839. The Kier molecular flexibility index (Phi) is 9.92. The predicted molar refractivity (Wildman–Crippen MR) is 157 cm³/mol. The van der Waals surface area contributed by atoms with Gasteiger partial charge in [-0.1, -0.05) is 24.6 Å². The summed E-state index contributed by atoms with van der Waals surface area (Å²) in [7, 11) is 6.00. The zero-order chi connectivity index (χ0) is 28.2. The number of amides is 1. The molecule has 4 rings (SSSR count). The Morgan fingerprint density at radius 2 is 1.77 bits per heavy atom. The highest BCUT2D eigenvalue weighted by atomic mass is 16.7. The summed E-state index contributed by atoms with van der Waals surface area (Å²) in [6, 6.07) is 0. The molecule has 4 aliphatic carbocycles. The minimum Gasteiger partial charge on any atom is -0.318 e. The zero-order valence-corrected chi connectivity index (χ0v) is 25.4. The Morgan fingerprint density at radius 3 is 2.51 bits per heavy atom. The van der Waals surface area contributed by atoms with Gasteiger partial charge in [-0.3, -0.25) is 9.63 Å². The fourth-order valence-electron chi connectivity index (χ4n) is 8.66. The van der Waals surface area contributed by atoms with Crippen molar-refractivity contribution in [2.24, 2.45) is 39.7 Å². The molecule has 1 amide bonds. The van der Waals surface area contributed by atoms with Gasteiger partial charge in [-0.15, -0.1) is 0 Å². The van der Waals surface area contributed by atoms with E-state index in [9.17, 15) is 9.59 Å². The van der Waals surface area contributed by atoms with Gasteiger partial charge in [-0.05, 0) is 108 Å². The summed E-state index contributed by atoms with van der Waals surface area (Å²) in [5, 5.41) is 11.0. The van der Waals surface area contributed by atoms with E-state index in [0.29, 0.717) is 49.6 Å². The van der Waals surface area contributed by atoms with Gasteiger partial charge in [0, 0.05) is 51.6 Å². The van der Waals surface area contributed by atoms with Crippen LogP contribution in [0.2, 0.25) is 0 Å². The molecule has 0 aliphatic heterocycles. The lowest BCUT2D eigenvalue weighted by Crippen LogP contribution is -2.51. The number of hydrogen-bond acceptors (Lipinski definition) is 7. The maximum atomic E-state index is 13.0. The third-order valence-corrected chi connectivity index (χ3v) is 10.9. The number of rotatable bonds is 11. The van der Waals surface area contributed by atoms with Crippen LogP contribution in [0.4, 0.5) is 4.79 Å². The Morgan fingerprint density at radius 1 is 1.03 bits per heavy atom. The Bertz CT molecular complexity index is 949. The molecule has 0 spiro atoms. The van der Waals surface area contributed by atoms with Crippen LogP contribution in [-0.4, -0.2) is 87.8 Å². The van der Waals surface area contributed by atoms with Crippen molar-refractivity contribution in [1.29, 1.82) is 0 Å². The molecular formula is C31H53N5O3. The van der Waals surface area contributed by atoms with Crippen molar-refractivity contribution in [1.82, 2.24) is 20.4 Å². The largest absolute Gasteiger partial charge is 0.436 e. The zero-order valence-electron chi connectivity index (χ0n) is 25.4. The van der Waals surface area contributed by atoms with E-state index in [0.717, 1.165) is 50.5 Å². The summed E-state index contributed by atoms with van der Waals surface area (Å²) in [5.41, 5.74) is 2.80. The van der Waals surface area contributed by atoms with Crippen LogP contribution < -0.4 is 10.6 Å². The average Bonchev–Trinajstić information content (AvgIpc) is 3.26. The number of carbonyl (C=O) groups excluding carboxylic acids is 2. The van der Waals surface area contributed by atoms with Crippen molar-refractivity contribution in [2.75, 3.05) is 60.4 Å². The molecule has 0 unspecified atom stereocenters. The molecule has 39 heavy (non-hydrogen) atoms. The maximum Gasteiger partial charge on any atom is 0.436 e. The molecule has 2 N–H and O–H groups in total. The number of nitrogens with zero attached hydrogens (tertiary/aromatic N) is 3. The van der Waals surface area contributed by atoms with E-state index in [1.165, 1.54) is 31.3 Å². The molecule has 220 valence electrons. The van der Waals surface area contributed by atoms with Gasteiger partial charge in [0.2, 0.25) is 0 Å². The predicted octanol–water partition coefficient (Wildman–Crippen LogP) is 4.32. The Labute approximate surface area is 236 Å². The van der Waals surface area contributed by atoms with Crippen molar-refractivity contribution in [2.45, 2.75) is 72.1 Å². The molecule has 4 aliphatic rings. The molecule has 0 saturated heterocycles. The highest BCUT2D eigenvalue weighted by Gasteiger charge is 2.59. The molecule has 3 fully saturated rings.